The molecule has 0 saturated carbocycles. The first-order chi connectivity index (χ1) is 11.2. The van der Waals surface area contributed by atoms with Gasteiger partial charge in [0.15, 0.2) is 0 Å². The minimum absolute atomic E-state index is 0.222. The molecule has 4 heteroatoms. The van der Waals surface area contributed by atoms with Crippen molar-refractivity contribution in [2.75, 3.05) is 13.2 Å². The number of aromatic nitrogens is 2. The van der Waals surface area contributed by atoms with Gasteiger partial charge in [-0.2, -0.15) is 0 Å². The SMILES string of the molecule is CCOc1ccc(Cc2nc3ccccc3n2C(C)CN)cc1. The molecule has 4 nitrogen and oxygen atoms in total. The third-order valence-corrected chi connectivity index (χ3v) is 4.05. The minimum Gasteiger partial charge on any atom is -0.494 e. The van der Waals surface area contributed by atoms with Gasteiger partial charge >= 0.3 is 0 Å². The molecule has 2 N–H and O–H groups in total. The molecule has 3 aromatic rings. The summed E-state index contributed by atoms with van der Waals surface area (Å²) < 4.78 is 7.76. The molecule has 1 unspecified atom stereocenters. The molecule has 0 aliphatic rings. The van der Waals surface area contributed by atoms with Gasteiger partial charge in [0.25, 0.3) is 0 Å². The molecule has 0 amide bonds. The van der Waals surface area contributed by atoms with Crippen molar-refractivity contribution < 1.29 is 4.74 Å². The van der Waals surface area contributed by atoms with Gasteiger partial charge in [0.1, 0.15) is 11.6 Å². The average Bonchev–Trinajstić information content (AvgIpc) is 2.94. The van der Waals surface area contributed by atoms with Crippen LogP contribution in [0.15, 0.2) is 48.5 Å². The third-order valence-electron chi connectivity index (χ3n) is 4.05. The zero-order chi connectivity index (χ0) is 16.2. The second-order valence-corrected chi connectivity index (χ2v) is 5.73. The molecular formula is C19H23N3O. The number of rotatable bonds is 6. The van der Waals surface area contributed by atoms with E-state index in [1.807, 2.05) is 31.2 Å². The monoisotopic (exact) mass is 309 g/mol. The summed E-state index contributed by atoms with van der Waals surface area (Å²) in [5.74, 6) is 1.95. The van der Waals surface area contributed by atoms with E-state index in [1.54, 1.807) is 0 Å². The van der Waals surface area contributed by atoms with Gasteiger partial charge in [-0.25, -0.2) is 4.98 Å². The van der Waals surface area contributed by atoms with Crippen molar-refractivity contribution in [2.45, 2.75) is 26.3 Å². The Morgan fingerprint density at radius 1 is 1.13 bits per heavy atom. The van der Waals surface area contributed by atoms with E-state index in [0.29, 0.717) is 13.2 Å². The molecule has 2 aromatic carbocycles. The maximum Gasteiger partial charge on any atom is 0.119 e. The van der Waals surface area contributed by atoms with Gasteiger partial charge in [0.05, 0.1) is 17.6 Å². The summed E-state index contributed by atoms with van der Waals surface area (Å²) in [5.41, 5.74) is 9.29. The smallest absolute Gasteiger partial charge is 0.119 e. The van der Waals surface area contributed by atoms with E-state index in [1.165, 1.54) is 5.56 Å². The van der Waals surface area contributed by atoms with Crippen LogP contribution in [0.1, 0.15) is 31.3 Å². The number of nitrogens with zero attached hydrogens (tertiary/aromatic N) is 2. The molecule has 0 saturated heterocycles. The molecule has 1 heterocycles. The highest BCUT2D eigenvalue weighted by atomic mass is 16.5. The summed E-state index contributed by atoms with van der Waals surface area (Å²) in [6.07, 6.45) is 0.783. The van der Waals surface area contributed by atoms with Crippen LogP contribution in [-0.4, -0.2) is 22.7 Å². The Kier molecular flexibility index (Phi) is 4.63. The summed E-state index contributed by atoms with van der Waals surface area (Å²) in [5, 5.41) is 0. The average molecular weight is 309 g/mol. The number of fused-ring (bicyclic) bond motifs is 1. The van der Waals surface area contributed by atoms with Crippen LogP contribution in [0.4, 0.5) is 0 Å². The highest BCUT2D eigenvalue weighted by Gasteiger charge is 2.15. The van der Waals surface area contributed by atoms with Crippen molar-refractivity contribution in [3.05, 3.63) is 59.9 Å². The van der Waals surface area contributed by atoms with E-state index in [4.69, 9.17) is 15.5 Å². The van der Waals surface area contributed by atoms with Gasteiger partial charge in [-0.05, 0) is 43.7 Å². The number of ether oxygens (including phenoxy) is 1. The summed E-state index contributed by atoms with van der Waals surface area (Å²) in [4.78, 5) is 4.81. The second kappa shape index (κ2) is 6.84. The zero-order valence-electron chi connectivity index (χ0n) is 13.7. The molecule has 1 atom stereocenters. The van der Waals surface area contributed by atoms with E-state index < -0.39 is 0 Å². The number of benzene rings is 2. The number of nitrogens with two attached hydrogens (primary N) is 1. The van der Waals surface area contributed by atoms with Gasteiger partial charge in [0, 0.05) is 19.0 Å². The Bertz CT molecular complexity index is 777. The van der Waals surface area contributed by atoms with Crippen molar-refractivity contribution >= 4 is 11.0 Å². The lowest BCUT2D eigenvalue weighted by Gasteiger charge is -2.16. The van der Waals surface area contributed by atoms with Gasteiger partial charge in [-0.3, -0.25) is 0 Å². The predicted molar refractivity (Wildman–Crippen MR) is 93.9 cm³/mol. The van der Waals surface area contributed by atoms with Gasteiger partial charge in [-0.15, -0.1) is 0 Å². The largest absolute Gasteiger partial charge is 0.494 e. The Balaban J connectivity index is 1.95. The fourth-order valence-corrected chi connectivity index (χ4v) is 2.87. The first-order valence-corrected chi connectivity index (χ1v) is 8.10. The van der Waals surface area contributed by atoms with Crippen LogP contribution in [-0.2, 0) is 6.42 Å². The molecule has 0 bridgehead atoms. The van der Waals surface area contributed by atoms with Gasteiger partial charge < -0.3 is 15.0 Å². The Labute approximate surface area is 136 Å². The molecular weight excluding hydrogens is 286 g/mol. The number of para-hydroxylation sites is 2. The van der Waals surface area contributed by atoms with Gasteiger partial charge in [-0.1, -0.05) is 24.3 Å². The topological polar surface area (TPSA) is 53.1 Å². The molecule has 0 aliphatic heterocycles. The van der Waals surface area contributed by atoms with E-state index in [2.05, 4.69) is 35.8 Å². The fourth-order valence-electron chi connectivity index (χ4n) is 2.87. The van der Waals surface area contributed by atoms with Crippen LogP contribution >= 0.6 is 0 Å². The van der Waals surface area contributed by atoms with Crippen LogP contribution in [0.5, 0.6) is 5.75 Å². The van der Waals surface area contributed by atoms with E-state index in [-0.39, 0.29) is 6.04 Å². The minimum atomic E-state index is 0.222. The lowest BCUT2D eigenvalue weighted by molar-refractivity contribution is 0.340. The summed E-state index contributed by atoms with van der Waals surface area (Å²) in [6, 6.07) is 16.7. The van der Waals surface area contributed by atoms with Crippen LogP contribution in [0.2, 0.25) is 0 Å². The molecule has 0 fully saturated rings. The quantitative estimate of drug-likeness (QED) is 0.757. The molecule has 23 heavy (non-hydrogen) atoms. The van der Waals surface area contributed by atoms with E-state index >= 15 is 0 Å². The lowest BCUT2D eigenvalue weighted by Crippen LogP contribution is -2.18. The first kappa shape index (κ1) is 15.6. The maximum absolute atomic E-state index is 5.90. The van der Waals surface area contributed by atoms with E-state index in [9.17, 15) is 0 Å². The molecule has 0 spiro atoms. The highest BCUT2D eigenvalue weighted by molar-refractivity contribution is 5.76. The second-order valence-electron chi connectivity index (χ2n) is 5.73. The van der Waals surface area contributed by atoms with Crippen molar-refractivity contribution in [1.29, 1.82) is 0 Å². The molecule has 0 aliphatic carbocycles. The van der Waals surface area contributed by atoms with Crippen LogP contribution in [0, 0.1) is 0 Å². The summed E-state index contributed by atoms with van der Waals surface area (Å²) >= 11 is 0. The standard InChI is InChI=1S/C19H23N3O/c1-3-23-16-10-8-15(9-11-16)12-19-21-17-6-4-5-7-18(17)22(19)14(2)13-20/h4-11,14H,3,12-13,20H2,1-2H3. The molecule has 0 radical (unpaired) electrons. The fraction of sp³-hybridized carbons (Fsp3) is 0.316. The number of hydrogen-bond acceptors (Lipinski definition) is 3. The predicted octanol–water partition coefficient (Wildman–Crippen LogP) is 3.55. The van der Waals surface area contributed by atoms with Gasteiger partial charge in [0.2, 0.25) is 0 Å². The normalized spacial score (nSPS) is 12.5. The van der Waals surface area contributed by atoms with Crippen LogP contribution in [0.3, 0.4) is 0 Å². The zero-order valence-corrected chi connectivity index (χ0v) is 13.7. The molecule has 120 valence electrons. The summed E-state index contributed by atoms with van der Waals surface area (Å²) in [7, 11) is 0. The van der Waals surface area contributed by atoms with Crippen molar-refractivity contribution in [1.82, 2.24) is 9.55 Å². The third kappa shape index (κ3) is 3.22. The van der Waals surface area contributed by atoms with Crippen molar-refractivity contribution in [3.63, 3.8) is 0 Å². The first-order valence-electron chi connectivity index (χ1n) is 8.10. The Hall–Kier alpha value is -2.33. The maximum atomic E-state index is 5.90. The number of imidazole rings is 1. The van der Waals surface area contributed by atoms with Crippen molar-refractivity contribution in [2.24, 2.45) is 5.73 Å². The molecule has 1 aromatic heterocycles. The van der Waals surface area contributed by atoms with Crippen molar-refractivity contribution in [3.8, 4) is 5.75 Å². The highest BCUT2D eigenvalue weighted by Crippen LogP contribution is 2.23. The van der Waals surface area contributed by atoms with Crippen LogP contribution < -0.4 is 10.5 Å². The Morgan fingerprint density at radius 2 is 1.87 bits per heavy atom. The van der Waals surface area contributed by atoms with Crippen LogP contribution in [0.25, 0.3) is 11.0 Å². The summed E-state index contributed by atoms with van der Waals surface area (Å²) in [6.45, 7) is 5.40. The van der Waals surface area contributed by atoms with E-state index in [0.717, 1.165) is 29.0 Å². The molecule has 3 rings (SSSR count). The lowest BCUT2D eigenvalue weighted by atomic mass is 10.1. The Morgan fingerprint density at radius 3 is 2.57 bits per heavy atom. The number of hydrogen-bond donors (Lipinski definition) is 1.